The highest BCUT2D eigenvalue weighted by molar-refractivity contribution is 7.22. The zero-order chi connectivity index (χ0) is 24.5. The molecule has 1 N–H and O–H groups in total. The largest absolute Gasteiger partial charge is 0.378 e. The molecule has 1 unspecified atom stereocenters. The van der Waals surface area contributed by atoms with Crippen molar-refractivity contribution in [1.82, 2.24) is 20.1 Å². The average molecular weight is 493 g/mol. The number of fused-ring (bicyclic) bond motifs is 1. The molecule has 5 rings (SSSR count). The molecule has 1 saturated heterocycles. The number of halogens is 1. The summed E-state index contributed by atoms with van der Waals surface area (Å²) in [5, 5.41) is 8.61. The van der Waals surface area contributed by atoms with Crippen LogP contribution in [0.4, 0.5) is 15.2 Å². The Morgan fingerprint density at radius 1 is 1.17 bits per heavy atom. The third-order valence-corrected chi connectivity index (χ3v) is 7.64. The fourth-order valence-corrected chi connectivity index (χ4v) is 5.45. The Hall–Kier alpha value is -3.46. The second kappa shape index (κ2) is 9.65. The number of nitrogens with one attached hydrogen (secondary N) is 1. The molecule has 35 heavy (non-hydrogen) atoms. The lowest BCUT2D eigenvalue weighted by molar-refractivity contribution is -0.125. The lowest BCUT2D eigenvalue weighted by Gasteiger charge is -2.31. The molecule has 0 radical (unpaired) electrons. The van der Waals surface area contributed by atoms with Crippen molar-refractivity contribution in [3.05, 3.63) is 65.6 Å². The SMILES string of the molecule is Cc1nn(-c2ccc(F)cc2)c2nc(N3CCCC(C(=O)NCc4ccc(N(C)C)cc4)C3)sc12. The van der Waals surface area contributed by atoms with E-state index in [4.69, 9.17) is 4.98 Å². The van der Waals surface area contributed by atoms with Gasteiger partial charge in [0.2, 0.25) is 5.91 Å². The first-order valence-electron chi connectivity index (χ1n) is 11.8. The van der Waals surface area contributed by atoms with Gasteiger partial charge in [0.05, 0.1) is 22.0 Å². The van der Waals surface area contributed by atoms with Crippen molar-refractivity contribution in [3.63, 3.8) is 0 Å². The lowest BCUT2D eigenvalue weighted by Crippen LogP contribution is -2.43. The lowest BCUT2D eigenvalue weighted by atomic mass is 9.97. The van der Waals surface area contributed by atoms with E-state index in [-0.39, 0.29) is 17.6 Å². The van der Waals surface area contributed by atoms with Crippen molar-refractivity contribution in [2.75, 3.05) is 37.0 Å². The van der Waals surface area contributed by atoms with Crippen LogP contribution in [0.15, 0.2) is 48.5 Å². The van der Waals surface area contributed by atoms with Crippen molar-refractivity contribution < 1.29 is 9.18 Å². The van der Waals surface area contributed by atoms with Crippen LogP contribution in [0.5, 0.6) is 0 Å². The second-order valence-electron chi connectivity index (χ2n) is 9.19. The first-order valence-corrected chi connectivity index (χ1v) is 12.6. The number of piperidine rings is 1. The van der Waals surface area contributed by atoms with Crippen molar-refractivity contribution in [3.8, 4) is 5.69 Å². The first kappa shape index (κ1) is 23.3. The summed E-state index contributed by atoms with van der Waals surface area (Å²) >= 11 is 1.60. The van der Waals surface area contributed by atoms with Gasteiger partial charge in [-0.1, -0.05) is 23.5 Å². The molecule has 3 heterocycles. The Balaban J connectivity index is 1.27. The van der Waals surface area contributed by atoms with Gasteiger partial charge >= 0.3 is 0 Å². The van der Waals surface area contributed by atoms with Gasteiger partial charge in [-0.05, 0) is 61.7 Å². The molecular formula is C26H29FN6OS. The summed E-state index contributed by atoms with van der Waals surface area (Å²) in [4.78, 5) is 22.1. The number of carbonyl (C=O) groups excluding carboxylic acids is 1. The number of aryl methyl sites for hydroxylation is 1. The van der Waals surface area contributed by atoms with Gasteiger partial charge in [0, 0.05) is 39.4 Å². The highest BCUT2D eigenvalue weighted by atomic mass is 32.1. The van der Waals surface area contributed by atoms with Crippen LogP contribution in [0.2, 0.25) is 0 Å². The van der Waals surface area contributed by atoms with Crippen LogP contribution in [0, 0.1) is 18.7 Å². The van der Waals surface area contributed by atoms with E-state index < -0.39 is 0 Å². The fourth-order valence-electron chi connectivity index (χ4n) is 4.43. The van der Waals surface area contributed by atoms with E-state index in [1.807, 2.05) is 21.0 Å². The maximum absolute atomic E-state index is 13.4. The van der Waals surface area contributed by atoms with E-state index in [1.165, 1.54) is 12.1 Å². The van der Waals surface area contributed by atoms with Crippen molar-refractivity contribution in [2.45, 2.75) is 26.3 Å². The van der Waals surface area contributed by atoms with E-state index in [0.717, 1.165) is 57.5 Å². The van der Waals surface area contributed by atoms with Crippen LogP contribution in [-0.4, -0.2) is 47.9 Å². The molecule has 182 valence electrons. The molecule has 1 aliphatic rings. The van der Waals surface area contributed by atoms with Crippen molar-refractivity contribution >= 4 is 38.4 Å². The van der Waals surface area contributed by atoms with E-state index in [9.17, 15) is 9.18 Å². The van der Waals surface area contributed by atoms with Gasteiger partial charge in [0.1, 0.15) is 5.82 Å². The number of carbonyl (C=O) groups is 1. The standard InChI is InChI=1S/C26H29FN6OS/c1-17-23-24(33(30-17)22-12-8-20(27)9-13-22)29-26(35-23)32-14-4-5-19(16-32)25(34)28-15-18-6-10-21(11-7-18)31(2)3/h6-13,19H,4-5,14-16H2,1-3H3,(H,28,34). The highest BCUT2D eigenvalue weighted by Gasteiger charge is 2.28. The number of amides is 1. The smallest absolute Gasteiger partial charge is 0.225 e. The fraction of sp³-hybridized carbons (Fsp3) is 0.346. The number of thiazole rings is 1. The van der Waals surface area contributed by atoms with Gasteiger partial charge in [-0.2, -0.15) is 10.1 Å². The molecule has 1 atom stereocenters. The van der Waals surface area contributed by atoms with Crippen LogP contribution in [-0.2, 0) is 11.3 Å². The van der Waals surface area contributed by atoms with Gasteiger partial charge in [-0.3, -0.25) is 4.79 Å². The Morgan fingerprint density at radius 3 is 2.63 bits per heavy atom. The first-order chi connectivity index (χ1) is 16.9. The van der Waals surface area contributed by atoms with Crippen molar-refractivity contribution in [2.24, 2.45) is 5.92 Å². The van der Waals surface area contributed by atoms with Gasteiger partial charge < -0.3 is 15.1 Å². The molecule has 9 heteroatoms. The summed E-state index contributed by atoms with van der Waals surface area (Å²) in [5.41, 5.74) is 4.65. The summed E-state index contributed by atoms with van der Waals surface area (Å²) in [7, 11) is 4.02. The molecular weight excluding hydrogens is 463 g/mol. The number of benzene rings is 2. The minimum Gasteiger partial charge on any atom is -0.378 e. The zero-order valence-corrected chi connectivity index (χ0v) is 21.0. The maximum Gasteiger partial charge on any atom is 0.225 e. The van der Waals surface area contributed by atoms with Crippen molar-refractivity contribution in [1.29, 1.82) is 0 Å². The Labute approximate surface area is 208 Å². The molecule has 4 aromatic rings. The van der Waals surface area contributed by atoms with E-state index in [1.54, 1.807) is 28.2 Å². The third-order valence-electron chi connectivity index (χ3n) is 6.43. The van der Waals surface area contributed by atoms with Gasteiger partial charge in [0.25, 0.3) is 0 Å². The Morgan fingerprint density at radius 2 is 1.91 bits per heavy atom. The number of nitrogens with zero attached hydrogens (tertiary/aromatic N) is 5. The highest BCUT2D eigenvalue weighted by Crippen LogP contribution is 2.34. The topological polar surface area (TPSA) is 66.3 Å². The molecule has 1 fully saturated rings. The van der Waals surface area contributed by atoms with Crippen LogP contribution in [0.1, 0.15) is 24.1 Å². The second-order valence-corrected chi connectivity index (χ2v) is 10.2. The predicted molar refractivity (Wildman–Crippen MR) is 139 cm³/mol. The van der Waals surface area contributed by atoms with Gasteiger partial charge in [-0.25, -0.2) is 9.07 Å². The molecule has 0 saturated carbocycles. The number of aromatic nitrogens is 3. The average Bonchev–Trinajstić information content (AvgIpc) is 3.44. The van der Waals surface area contributed by atoms with Crippen LogP contribution in [0.25, 0.3) is 16.0 Å². The molecule has 2 aromatic heterocycles. The third kappa shape index (κ3) is 4.86. The summed E-state index contributed by atoms with van der Waals surface area (Å²) in [6, 6.07) is 14.5. The molecule has 0 bridgehead atoms. The summed E-state index contributed by atoms with van der Waals surface area (Å²) in [5.74, 6) is -0.274. The number of anilines is 2. The van der Waals surface area contributed by atoms with E-state index >= 15 is 0 Å². The monoisotopic (exact) mass is 492 g/mol. The summed E-state index contributed by atoms with van der Waals surface area (Å²) in [6.07, 6.45) is 1.81. The molecule has 0 spiro atoms. The zero-order valence-electron chi connectivity index (χ0n) is 20.2. The van der Waals surface area contributed by atoms with Crippen LogP contribution >= 0.6 is 11.3 Å². The number of rotatable bonds is 6. The number of hydrogen-bond acceptors (Lipinski definition) is 6. The predicted octanol–water partition coefficient (Wildman–Crippen LogP) is 4.53. The van der Waals surface area contributed by atoms with Crippen LogP contribution in [0.3, 0.4) is 0 Å². The number of hydrogen-bond donors (Lipinski definition) is 1. The molecule has 1 aliphatic heterocycles. The van der Waals surface area contributed by atoms with Crippen LogP contribution < -0.4 is 15.1 Å². The minimum atomic E-state index is -0.281. The van der Waals surface area contributed by atoms with E-state index in [0.29, 0.717) is 13.1 Å². The van der Waals surface area contributed by atoms with Gasteiger partial charge in [0.15, 0.2) is 10.8 Å². The molecule has 2 aromatic carbocycles. The maximum atomic E-state index is 13.4. The quantitative estimate of drug-likeness (QED) is 0.429. The van der Waals surface area contributed by atoms with E-state index in [2.05, 4.69) is 44.5 Å². The Kier molecular flexibility index (Phi) is 6.42. The Bertz CT molecular complexity index is 1330. The minimum absolute atomic E-state index is 0.0773. The summed E-state index contributed by atoms with van der Waals surface area (Å²) < 4.78 is 16.2. The molecule has 7 nitrogen and oxygen atoms in total. The summed E-state index contributed by atoms with van der Waals surface area (Å²) in [6.45, 7) is 4.00. The van der Waals surface area contributed by atoms with Gasteiger partial charge in [-0.15, -0.1) is 0 Å². The molecule has 0 aliphatic carbocycles. The molecule has 1 amide bonds. The normalized spacial score (nSPS) is 16.0.